The number of sulfone groups is 1. The lowest BCUT2D eigenvalue weighted by Crippen LogP contribution is -1.99. The minimum Gasteiger partial charge on any atom is -0.489 e. The first-order chi connectivity index (χ1) is 13.5. The van der Waals surface area contributed by atoms with E-state index in [9.17, 15) is 8.42 Å². The predicted octanol–water partition coefficient (Wildman–Crippen LogP) is 4.20. The number of hydrogen-bond acceptors (Lipinski definition) is 4. The van der Waals surface area contributed by atoms with Crippen LogP contribution >= 0.6 is 0 Å². The maximum atomic E-state index is 11.4. The van der Waals surface area contributed by atoms with Gasteiger partial charge >= 0.3 is 0 Å². The van der Waals surface area contributed by atoms with E-state index >= 15 is 0 Å². The molecule has 3 aromatic carbocycles. The van der Waals surface area contributed by atoms with Crippen molar-refractivity contribution < 1.29 is 17.9 Å². The molecule has 4 nitrogen and oxygen atoms in total. The molecule has 3 aromatic rings. The summed E-state index contributed by atoms with van der Waals surface area (Å²) in [7, 11) is -3.40. The fourth-order valence-corrected chi connectivity index (χ4v) is 2.75. The fourth-order valence-electron chi connectivity index (χ4n) is 2.44. The van der Waals surface area contributed by atoms with E-state index in [4.69, 9.17) is 9.47 Å². The van der Waals surface area contributed by atoms with Crippen LogP contribution in [0.1, 0.15) is 16.7 Å². The largest absolute Gasteiger partial charge is 0.489 e. The molecule has 0 heterocycles. The first-order valence-corrected chi connectivity index (χ1v) is 10.6. The third-order valence-corrected chi connectivity index (χ3v) is 4.23. The van der Waals surface area contributed by atoms with Crippen LogP contribution in [-0.4, -0.2) is 14.7 Å². The van der Waals surface area contributed by atoms with Crippen LogP contribution in [0.2, 0.25) is 0 Å². The Hall–Kier alpha value is -3.23. The van der Waals surface area contributed by atoms with Crippen molar-refractivity contribution in [2.75, 3.05) is 6.26 Å². The Morgan fingerprint density at radius 2 is 1.21 bits per heavy atom. The van der Waals surface area contributed by atoms with Crippen molar-refractivity contribution in [2.24, 2.45) is 0 Å². The molecule has 0 unspecified atom stereocenters. The summed E-state index contributed by atoms with van der Waals surface area (Å²) in [6, 6.07) is 24.7. The number of benzene rings is 3. The molecule has 0 aromatic heterocycles. The van der Waals surface area contributed by atoms with E-state index in [1.807, 2.05) is 60.7 Å². The van der Waals surface area contributed by atoms with Crippen LogP contribution in [0.3, 0.4) is 0 Å². The van der Waals surface area contributed by atoms with Crippen LogP contribution < -0.4 is 9.47 Å². The SMILES string of the molecule is CS(=O)(=O)C#Cc1cc(OCc2ccccc2)cc(OCc2ccccc2)c1. The highest BCUT2D eigenvalue weighted by atomic mass is 32.2. The first kappa shape index (κ1) is 19.5. The molecule has 5 heteroatoms. The van der Waals surface area contributed by atoms with Crippen molar-refractivity contribution in [3.63, 3.8) is 0 Å². The van der Waals surface area contributed by atoms with E-state index in [-0.39, 0.29) is 0 Å². The second-order valence-electron chi connectivity index (χ2n) is 6.24. The van der Waals surface area contributed by atoms with E-state index < -0.39 is 9.84 Å². The maximum Gasteiger partial charge on any atom is 0.214 e. The van der Waals surface area contributed by atoms with Crippen molar-refractivity contribution in [2.45, 2.75) is 13.2 Å². The molecular weight excluding hydrogens is 372 g/mol. The van der Waals surface area contributed by atoms with Gasteiger partial charge in [0.05, 0.1) is 6.26 Å². The first-order valence-electron chi connectivity index (χ1n) is 8.69. The van der Waals surface area contributed by atoms with Gasteiger partial charge in [0, 0.05) is 16.9 Å². The molecule has 3 rings (SSSR count). The van der Waals surface area contributed by atoms with Gasteiger partial charge in [0.25, 0.3) is 0 Å². The van der Waals surface area contributed by atoms with E-state index in [1.54, 1.807) is 18.2 Å². The van der Waals surface area contributed by atoms with Crippen LogP contribution in [0, 0.1) is 11.2 Å². The molecule has 0 atom stereocenters. The van der Waals surface area contributed by atoms with Gasteiger partial charge in [0.1, 0.15) is 24.7 Å². The van der Waals surface area contributed by atoms with Crippen LogP contribution in [0.25, 0.3) is 0 Å². The van der Waals surface area contributed by atoms with Gasteiger partial charge in [-0.25, -0.2) is 8.42 Å². The Balaban J connectivity index is 1.81. The molecule has 142 valence electrons. The van der Waals surface area contributed by atoms with Crippen molar-refractivity contribution in [1.82, 2.24) is 0 Å². The Labute approximate surface area is 165 Å². The molecule has 0 spiro atoms. The van der Waals surface area contributed by atoms with Crippen LogP contribution in [-0.2, 0) is 23.1 Å². The normalized spacial score (nSPS) is 10.6. The number of ether oxygens (including phenoxy) is 2. The lowest BCUT2D eigenvalue weighted by molar-refractivity contribution is 0.290. The molecule has 0 aliphatic rings. The summed E-state index contributed by atoms with van der Waals surface area (Å²) >= 11 is 0. The Kier molecular flexibility index (Phi) is 6.36. The third-order valence-electron chi connectivity index (χ3n) is 3.76. The number of hydrogen-bond donors (Lipinski definition) is 0. The van der Waals surface area contributed by atoms with Crippen molar-refractivity contribution in [3.05, 3.63) is 95.6 Å². The molecule has 0 bridgehead atoms. The van der Waals surface area contributed by atoms with Gasteiger partial charge in [-0.15, -0.1) is 0 Å². The molecule has 0 fully saturated rings. The Morgan fingerprint density at radius 1 is 0.750 bits per heavy atom. The van der Waals surface area contributed by atoms with Gasteiger partial charge in [0.2, 0.25) is 9.84 Å². The summed E-state index contributed by atoms with van der Waals surface area (Å²) in [6.45, 7) is 0.782. The zero-order valence-corrected chi connectivity index (χ0v) is 16.3. The standard InChI is InChI=1S/C23H20O4S/c1-28(24,25)13-12-21-14-22(26-17-19-8-4-2-5-9-19)16-23(15-21)27-18-20-10-6-3-7-11-20/h2-11,14-16H,17-18H2,1H3. The topological polar surface area (TPSA) is 52.6 Å². The summed E-state index contributed by atoms with van der Waals surface area (Å²) in [5.41, 5.74) is 2.57. The van der Waals surface area contributed by atoms with Gasteiger partial charge < -0.3 is 9.47 Å². The predicted molar refractivity (Wildman–Crippen MR) is 110 cm³/mol. The molecule has 0 amide bonds. The highest BCUT2D eigenvalue weighted by Crippen LogP contribution is 2.24. The van der Waals surface area contributed by atoms with Crippen LogP contribution in [0.5, 0.6) is 11.5 Å². The highest BCUT2D eigenvalue weighted by molar-refractivity contribution is 7.95. The van der Waals surface area contributed by atoms with Gasteiger partial charge in [0.15, 0.2) is 0 Å². The molecule has 0 radical (unpaired) electrons. The average molecular weight is 392 g/mol. The van der Waals surface area contributed by atoms with Crippen LogP contribution in [0.15, 0.2) is 78.9 Å². The zero-order valence-electron chi connectivity index (χ0n) is 15.5. The summed E-state index contributed by atoms with van der Waals surface area (Å²) in [6.07, 6.45) is 1.07. The third kappa shape index (κ3) is 6.49. The minimum absolute atomic E-state index is 0.391. The molecule has 28 heavy (non-hydrogen) atoms. The summed E-state index contributed by atoms with van der Waals surface area (Å²) in [5, 5.41) is 2.25. The summed E-state index contributed by atoms with van der Waals surface area (Å²) in [4.78, 5) is 0. The highest BCUT2D eigenvalue weighted by Gasteiger charge is 2.05. The van der Waals surface area contributed by atoms with E-state index in [0.29, 0.717) is 30.3 Å². The molecule has 0 saturated heterocycles. The Morgan fingerprint density at radius 3 is 1.64 bits per heavy atom. The van der Waals surface area contributed by atoms with Gasteiger partial charge in [-0.05, 0) is 29.2 Å². The van der Waals surface area contributed by atoms with Gasteiger partial charge in [-0.2, -0.15) is 0 Å². The Bertz CT molecular complexity index is 1020. The smallest absolute Gasteiger partial charge is 0.214 e. The number of rotatable bonds is 6. The van der Waals surface area contributed by atoms with E-state index in [0.717, 1.165) is 17.4 Å². The van der Waals surface area contributed by atoms with E-state index in [1.165, 1.54) is 0 Å². The fraction of sp³-hybridized carbons (Fsp3) is 0.130. The van der Waals surface area contributed by atoms with E-state index in [2.05, 4.69) is 11.2 Å². The molecule has 0 saturated carbocycles. The van der Waals surface area contributed by atoms with Crippen molar-refractivity contribution in [3.8, 4) is 22.7 Å². The minimum atomic E-state index is -3.40. The van der Waals surface area contributed by atoms with Crippen molar-refractivity contribution >= 4 is 9.84 Å². The zero-order chi connectivity index (χ0) is 19.8. The molecular formula is C23H20O4S. The van der Waals surface area contributed by atoms with Gasteiger partial charge in [-0.3, -0.25) is 0 Å². The van der Waals surface area contributed by atoms with Gasteiger partial charge in [-0.1, -0.05) is 60.7 Å². The van der Waals surface area contributed by atoms with Crippen molar-refractivity contribution in [1.29, 1.82) is 0 Å². The monoisotopic (exact) mass is 392 g/mol. The van der Waals surface area contributed by atoms with Crippen LogP contribution in [0.4, 0.5) is 0 Å². The summed E-state index contributed by atoms with van der Waals surface area (Å²) in [5.74, 6) is 3.79. The molecule has 0 N–H and O–H groups in total. The molecule has 0 aliphatic heterocycles. The lowest BCUT2D eigenvalue weighted by atomic mass is 10.2. The summed E-state index contributed by atoms with van der Waals surface area (Å²) < 4.78 is 34.4. The maximum absolute atomic E-state index is 11.4. The quantitative estimate of drug-likeness (QED) is 0.590. The second-order valence-corrected chi connectivity index (χ2v) is 7.99. The lowest BCUT2D eigenvalue weighted by Gasteiger charge is -2.11. The average Bonchev–Trinajstić information content (AvgIpc) is 2.70. The second kappa shape index (κ2) is 9.12. The molecule has 0 aliphatic carbocycles.